The Hall–Kier alpha value is -0.910. The highest BCUT2D eigenvalue weighted by Crippen LogP contribution is 2.48. The van der Waals surface area contributed by atoms with Gasteiger partial charge in [0.25, 0.3) is 0 Å². The second-order valence-corrected chi connectivity index (χ2v) is 6.19. The molecule has 0 radical (unpaired) electrons. The van der Waals surface area contributed by atoms with Gasteiger partial charge in [-0.15, -0.1) is 11.3 Å². The number of alkyl halides is 1. The van der Waals surface area contributed by atoms with Crippen molar-refractivity contribution in [3.05, 3.63) is 39.0 Å². The normalized spacial score (nSPS) is 12.1. The lowest BCUT2D eigenvalue weighted by Gasteiger charge is -2.18. The van der Waals surface area contributed by atoms with Crippen molar-refractivity contribution in [2.24, 2.45) is 0 Å². The van der Waals surface area contributed by atoms with E-state index in [0.29, 0.717) is 17.2 Å². The second-order valence-electron chi connectivity index (χ2n) is 3.92. The summed E-state index contributed by atoms with van der Waals surface area (Å²) in [5.74, 6) is 1.84. The van der Waals surface area contributed by atoms with Crippen LogP contribution in [0.4, 0.5) is 0 Å². The Morgan fingerprint density at radius 2 is 1.75 bits per heavy atom. The fourth-order valence-corrected chi connectivity index (χ4v) is 4.17. The Labute approximate surface area is 135 Å². The van der Waals surface area contributed by atoms with E-state index in [9.17, 15) is 0 Å². The Morgan fingerprint density at radius 1 is 1.05 bits per heavy atom. The second kappa shape index (κ2) is 6.70. The van der Waals surface area contributed by atoms with Crippen LogP contribution in [-0.2, 0) is 0 Å². The van der Waals surface area contributed by atoms with Crippen molar-refractivity contribution in [1.29, 1.82) is 0 Å². The van der Waals surface area contributed by atoms with Crippen LogP contribution in [0, 0.1) is 0 Å². The Morgan fingerprint density at radius 3 is 2.25 bits per heavy atom. The van der Waals surface area contributed by atoms with Gasteiger partial charge in [-0.25, -0.2) is 0 Å². The summed E-state index contributed by atoms with van der Waals surface area (Å²) >= 11 is 11.5. The summed E-state index contributed by atoms with van der Waals surface area (Å²) in [6.45, 7) is 0. The van der Waals surface area contributed by atoms with Crippen molar-refractivity contribution >= 4 is 38.9 Å². The van der Waals surface area contributed by atoms with Crippen LogP contribution in [0.2, 0.25) is 5.02 Å². The van der Waals surface area contributed by atoms with E-state index in [1.165, 1.54) is 0 Å². The van der Waals surface area contributed by atoms with Crippen molar-refractivity contribution < 1.29 is 14.2 Å². The fourth-order valence-electron chi connectivity index (χ4n) is 1.95. The molecule has 1 aromatic heterocycles. The molecular weight excluding hydrogens is 364 g/mol. The number of hydrogen-bond acceptors (Lipinski definition) is 4. The Bertz CT molecular complexity index is 600. The van der Waals surface area contributed by atoms with Gasteiger partial charge in [-0.05, 0) is 23.6 Å². The van der Waals surface area contributed by atoms with E-state index in [-0.39, 0.29) is 4.83 Å². The van der Waals surface area contributed by atoms with Gasteiger partial charge in [0.2, 0.25) is 5.75 Å². The van der Waals surface area contributed by atoms with Gasteiger partial charge in [-0.1, -0.05) is 27.5 Å². The fraction of sp³-hybridized carbons (Fsp3) is 0.286. The highest BCUT2D eigenvalue weighted by molar-refractivity contribution is 9.09. The maximum atomic E-state index is 6.20. The molecule has 1 heterocycles. The smallest absolute Gasteiger partial charge is 0.203 e. The average Bonchev–Trinajstić information content (AvgIpc) is 2.90. The minimum absolute atomic E-state index is 0.0650. The molecule has 2 aromatic rings. The molecule has 1 unspecified atom stereocenters. The molecule has 6 heteroatoms. The summed E-state index contributed by atoms with van der Waals surface area (Å²) in [6.07, 6.45) is 0. The zero-order valence-corrected chi connectivity index (χ0v) is 14.4. The van der Waals surface area contributed by atoms with Crippen LogP contribution in [0.3, 0.4) is 0 Å². The van der Waals surface area contributed by atoms with Gasteiger partial charge in [0.15, 0.2) is 11.5 Å². The molecule has 3 nitrogen and oxygen atoms in total. The minimum atomic E-state index is -0.0650. The van der Waals surface area contributed by atoms with Crippen molar-refractivity contribution in [1.82, 2.24) is 0 Å². The topological polar surface area (TPSA) is 27.7 Å². The largest absolute Gasteiger partial charge is 0.493 e. The molecule has 0 bridgehead atoms. The molecule has 108 valence electrons. The standard InChI is InChI=1S/C14H14BrClO3S/c1-17-10-5-4-8(12(18-2)13(10)19-3)11(15)14-9(16)6-7-20-14/h4-7,11H,1-3H3. The molecule has 0 fully saturated rings. The number of rotatable bonds is 5. The van der Waals surface area contributed by atoms with Gasteiger partial charge in [0.1, 0.15) is 0 Å². The first kappa shape index (κ1) is 15.5. The number of thiophene rings is 1. The molecule has 0 saturated carbocycles. The number of hydrogen-bond donors (Lipinski definition) is 0. The summed E-state index contributed by atoms with van der Waals surface area (Å²) in [7, 11) is 4.79. The highest BCUT2D eigenvalue weighted by Gasteiger charge is 2.23. The Kier molecular flexibility index (Phi) is 5.18. The summed E-state index contributed by atoms with van der Waals surface area (Å²) in [5, 5.41) is 2.69. The SMILES string of the molecule is COc1ccc(C(Br)c2sccc2Cl)c(OC)c1OC. The molecule has 1 aromatic carbocycles. The van der Waals surface area contributed by atoms with Crippen molar-refractivity contribution in [2.45, 2.75) is 4.83 Å². The van der Waals surface area contributed by atoms with Gasteiger partial charge in [0, 0.05) is 10.4 Å². The number of halogens is 2. The summed E-state index contributed by atoms with van der Waals surface area (Å²) in [5.41, 5.74) is 0.939. The first-order valence-electron chi connectivity index (χ1n) is 5.79. The predicted molar refractivity (Wildman–Crippen MR) is 86.2 cm³/mol. The van der Waals surface area contributed by atoms with E-state index in [2.05, 4.69) is 15.9 Å². The predicted octanol–water partition coefficient (Wildman–Crippen LogP) is 4.91. The molecular formula is C14H14BrClO3S. The number of benzene rings is 1. The zero-order chi connectivity index (χ0) is 14.7. The summed E-state index contributed by atoms with van der Waals surface area (Å²) in [6, 6.07) is 5.67. The first-order valence-corrected chi connectivity index (χ1v) is 7.97. The van der Waals surface area contributed by atoms with E-state index in [4.69, 9.17) is 25.8 Å². The maximum absolute atomic E-state index is 6.20. The monoisotopic (exact) mass is 376 g/mol. The summed E-state index contributed by atoms with van der Waals surface area (Å²) in [4.78, 5) is 0.960. The van der Waals surface area contributed by atoms with Gasteiger partial charge >= 0.3 is 0 Å². The van der Waals surface area contributed by atoms with E-state index in [0.717, 1.165) is 15.5 Å². The van der Waals surface area contributed by atoms with Gasteiger partial charge in [-0.3, -0.25) is 0 Å². The van der Waals surface area contributed by atoms with E-state index in [1.807, 2.05) is 23.6 Å². The van der Waals surface area contributed by atoms with Crippen LogP contribution in [0.25, 0.3) is 0 Å². The average molecular weight is 378 g/mol. The van der Waals surface area contributed by atoms with Crippen LogP contribution < -0.4 is 14.2 Å². The van der Waals surface area contributed by atoms with Crippen LogP contribution in [0.5, 0.6) is 17.2 Å². The lowest BCUT2D eigenvalue weighted by molar-refractivity contribution is 0.322. The quantitative estimate of drug-likeness (QED) is 0.693. The number of ether oxygens (including phenoxy) is 3. The van der Waals surface area contributed by atoms with Gasteiger partial charge < -0.3 is 14.2 Å². The molecule has 0 aliphatic heterocycles. The van der Waals surface area contributed by atoms with Crippen molar-refractivity contribution in [3.8, 4) is 17.2 Å². The lowest BCUT2D eigenvalue weighted by Crippen LogP contribution is -2.00. The van der Waals surface area contributed by atoms with Gasteiger partial charge in [0.05, 0.1) is 31.2 Å². The van der Waals surface area contributed by atoms with Crippen LogP contribution in [-0.4, -0.2) is 21.3 Å². The molecule has 1 atom stereocenters. The molecule has 0 aliphatic rings. The van der Waals surface area contributed by atoms with Crippen LogP contribution >= 0.6 is 38.9 Å². The van der Waals surface area contributed by atoms with E-state index >= 15 is 0 Å². The molecule has 0 N–H and O–H groups in total. The third-order valence-electron chi connectivity index (χ3n) is 2.88. The molecule has 0 amide bonds. The van der Waals surface area contributed by atoms with Crippen LogP contribution in [0.15, 0.2) is 23.6 Å². The van der Waals surface area contributed by atoms with Crippen LogP contribution in [0.1, 0.15) is 15.3 Å². The number of methoxy groups -OCH3 is 3. The zero-order valence-electron chi connectivity index (χ0n) is 11.3. The third kappa shape index (κ3) is 2.75. The third-order valence-corrected chi connectivity index (χ3v) is 5.56. The molecule has 20 heavy (non-hydrogen) atoms. The Balaban J connectivity index is 2.54. The molecule has 0 saturated heterocycles. The highest BCUT2D eigenvalue weighted by atomic mass is 79.9. The lowest BCUT2D eigenvalue weighted by atomic mass is 10.1. The molecule has 0 aliphatic carbocycles. The van der Waals surface area contributed by atoms with E-state index in [1.54, 1.807) is 32.7 Å². The molecule has 2 rings (SSSR count). The first-order chi connectivity index (χ1) is 9.63. The van der Waals surface area contributed by atoms with E-state index < -0.39 is 0 Å². The van der Waals surface area contributed by atoms with Crippen molar-refractivity contribution in [3.63, 3.8) is 0 Å². The van der Waals surface area contributed by atoms with Gasteiger partial charge in [-0.2, -0.15) is 0 Å². The summed E-state index contributed by atoms with van der Waals surface area (Å²) < 4.78 is 16.2. The molecule has 0 spiro atoms. The minimum Gasteiger partial charge on any atom is -0.493 e. The van der Waals surface area contributed by atoms with Crippen molar-refractivity contribution in [2.75, 3.05) is 21.3 Å². The maximum Gasteiger partial charge on any atom is 0.203 e.